The normalized spacial score (nSPS) is 18.2. The van der Waals surface area contributed by atoms with Crippen molar-refractivity contribution in [2.75, 3.05) is 19.6 Å². The first kappa shape index (κ1) is 24.0. The number of hydrogen-bond donors (Lipinski definition) is 2. The van der Waals surface area contributed by atoms with E-state index in [1.165, 1.54) is 0 Å². The minimum atomic E-state index is -4.48. The van der Waals surface area contributed by atoms with Crippen LogP contribution in [0.1, 0.15) is 53.9 Å². The Bertz CT molecular complexity index is 584. The minimum Gasteiger partial charge on any atom is -0.444 e. The summed E-state index contributed by atoms with van der Waals surface area (Å²) in [5.74, 6) is -1.22. The predicted molar refractivity (Wildman–Crippen MR) is 96.4 cm³/mol. The van der Waals surface area contributed by atoms with E-state index in [1.807, 2.05) is 0 Å². The van der Waals surface area contributed by atoms with Crippen LogP contribution in [0.3, 0.4) is 0 Å². The molecule has 2 N–H and O–H groups in total. The first-order chi connectivity index (χ1) is 12.7. The topological polar surface area (TPSA) is 87.7 Å². The average Bonchev–Trinajstić information content (AvgIpc) is 2.86. The summed E-state index contributed by atoms with van der Waals surface area (Å²) in [6.45, 7) is 7.28. The lowest BCUT2D eigenvalue weighted by atomic mass is 9.81. The number of nitrogens with zero attached hydrogens (tertiary/aromatic N) is 1. The summed E-state index contributed by atoms with van der Waals surface area (Å²) >= 11 is 0. The predicted octanol–water partition coefficient (Wildman–Crippen LogP) is 2.60. The van der Waals surface area contributed by atoms with Crippen LogP contribution in [-0.4, -0.2) is 60.3 Å². The Kier molecular flexibility index (Phi) is 7.73. The molecule has 0 saturated carbocycles. The van der Waals surface area contributed by atoms with E-state index < -0.39 is 47.7 Å². The number of rotatable bonds is 7. The van der Waals surface area contributed by atoms with Gasteiger partial charge in [0.2, 0.25) is 11.8 Å². The number of amides is 3. The molecule has 1 heterocycles. The van der Waals surface area contributed by atoms with Crippen molar-refractivity contribution in [2.24, 2.45) is 5.41 Å². The zero-order chi connectivity index (χ0) is 21.8. The van der Waals surface area contributed by atoms with Crippen molar-refractivity contribution < 1.29 is 32.3 Å². The third-order valence-electron chi connectivity index (χ3n) is 4.78. The molecule has 1 unspecified atom stereocenters. The lowest BCUT2D eigenvalue weighted by Crippen LogP contribution is -2.53. The fourth-order valence-corrected chi connectivity index (χ4v) is 3.01. The summed E-state index contributed by atoms with van der Waals surface area (Å²) in [4.78, 5) is 37.6. The summed E-state index contributed by atoms with van der Waals surface area (Å²) in [6.07, 6.45) is -4.29. The Morgan fingerprint density at radius 3 is 2.21 bits per heavy atom. The van der Waals surface area contributed by atoms with Crippen molar-refractivity contribution in [2.45, 2.75) is 71.7 Å². The minimum absolute atomic E-state index is 0.00603. The van der Waals surface area contributed by atoms with Crippen LogP contribution >= 0.6 is 0 Å². The summed E-state index contributed by atoms with van der Waals surface area (Å²) in [5.41, 5.74) is -1.68. The van der Waals surface area contributed by atoms with Crippen LogP contribution in [0.4, 0.5) is 18.0 Å². The fraction of sp³-hybridized carbons (Fsp3) is 0.833. The maximum Gasteiger partial charge on any atom is 0.407 e. The smallest absolute Gasteiger partial charge is 0.407 e. The van der Waals surface area contributed by atoms with Gasteiger partial charge in [0.1, 0.15) is 18.2 Å². The molecule has 0 aliphatic carbocycles. The number of carbonyl (C=O) groups excluding carboxylic acids is 3. The largest absolute Gasteiger partial charge is 0.444 e. The molecule has 0 bridgehead atoms. The Balaban J connectivity index is 2.74. The van der Waals surface area contributed by atoms with Crippen LogP contribution in [0.25, 0.3) is 0 Å². The molecule has 0 aromatic rings. The van der Waals surface area contributed by atoms with E-state index in [1.54, 1.807) is 34.6 Å². The van der Waals surface area contributed by atoms with Gasteiger partial charge in [0.15, 0.2) is 0 Å². The standard InChI is InChI=1S/C18H30F3N3O4/c1-6-17(7-2,10-22-15(27)28-16(3,4)5)14(26)23-12-8-9-24(13(12)25)11-18(19,20)21/h12H,6-11H2,1-5H3,(H,22,27)(H,23,26). The Morgan fingerprint density at radius 2 is 1.75 bits per heavy atom. The highest BCUT2D eigenvalue weighted by atomic mass is 19.4. The lowest BCUT2D eigenvalue weighted by molar-refractivity contribution is -0.158. The van der Waals surface area contributed by atoms with Gasteiger partial charge < -0.3 is 20.3 Å². The number of ether oxygens (including phenoxy) is 1. The SMILES string of the molecule is CCC(CC)(CNC(=O)OC(C)(C)C)C(=O)NC1CCN(CC(F)(F)F)C1=O. The molecule has 1 rings (SSSR count). The van der Waals surface area contributed by atoms with Crippen LogP contribution in [0.2, 0.25) is 0 Å². The van der Waals surface area contributed by atoms with Crippen LogP contribution in [0.5, 0.6) is 0 Å². The first-order valence-corrected chi connectivity index (χ1v) is 9.36. The molecule has 1 aliphatic heterocycles. The molecule has 162 valence electrons. The van der Waals surface area contributed by atoms with Crippen molar-refractivity contribution in [3.8, 4) is 0 Å². The van der Waals surface area contributed by atoms with Gasteiger partial charge in [-0.15, -0.1) is 0 Å². The number of nitrogens with one attached hydrogen (secondary N) is 2. The van der Waals surface area contributed by atoms with Crippen molar-refractivity contribution in [1.29, 1.82) is 0 Å². The number of alkyl halides is 3. The van der Waals surface area contributed by atoms with E-state index in [9.17, 15) is 27.6 Å². The van der Waals surface area contributed by atoms with Gasteiger partial charge in [-0.05, 0) is 40.0 Å². The second-order valence-electron chi connectivity index (χ2n) is 8.03. The Hall–Kier alpha value is -2.00. The number of halogens is 3. The molecule has 0 radical (unpaired) electrons. The first-order valence-electron chi connectivity index (χ1n) is 9.36. The molecule has 0 aromatic heterocycles. The summed E-state index contributed by atoms with van der Waals surface area (Å²) < 4.78 is 42.8. The second kappa shape index (κ2) is 9.00. The van der Waals surface area contributed by atoms with Gasteiger partial charge in [-0.2, -0.15) is 13.2 Å². The fourth-order valence-electron chi connectivity index (χ4n) is 3.01. The van der Waals surface area contributed by atoms with Gasteiger partial charge in [0, 0.05) is 13.1 Å². The molecule has 1 atom stereocenters. The van der Waals surface area contributed by atoms with E-state index in [4.69, 9.17) is 4.74 Å². The van der Waals surface area contributed by atoms with E-state index >= 15 is 0 Å². The highest BCUT2D eigenvalue weighted by Crippen LogP contribution is 2.28. The maximum atomic E-state index is 12.8. The summed E-state index contributed by atoms with van der Waals surface area (Å²) in [5, 5.41) is 5.14. The van der Waals surface area contributed by atoms with Gasteiger partial charge in [-0.1, -0.05) is 13.8 Å². The van der Waals surface area contributed by atoms with Crippen LogP contribution in [-0.2, 0) is 14.3 Å². The monoisotopic (exact) mass is 409 g/mol. The summed E-state index contributed by atoms with van der Waals surface area (Å²) in [7, 11) is 0. The van der Waals surface area contributed by atoms with Gasteiger partial charge in [-0.25, -0.2) is 4.79 Å². The van der Waals surface area contributed by atoms with Gasteiger partial charge in [0.05, 0.1) is 5.41 Å². The molecule has 0 aromatic carbocycles. The third-order valence-corrected chi connectivity index (χ3v) is 4.78. The molecule has 28 heavy (non-hydrogen) atoms. The van der Waals surface area contributed by atoms with Gasteiger partial charge in [-0.3, -0.25) is 9.59 Å². The lowest BCUT2D eigenvalue weighted by Gasteiger charge is -2.32. The highest BCUT2D eigenvalue weighted by Gasteiger charge is 2.43. The molecular formula is C18H30F3N3O4. The van der Waals surface area contributed by atoms with E-state index in [0.717, 1.165) is 0 Å². The van der Waals surface area contributed by atoms with Gasteiger partial charge in [0.25, 0.3) is 0 Å². The maximum absolute atomic E-state index is 12.8. The molecule has 1 aliphatic rings. The molecule has 3 amide bonds. The number of carbonyl (C=O) groups is 3. The van der Waals surface area contributed by atoms with E-state index in [2.05, 4.69) is 10.6 Å². The quantitative estimate of drug-likeness (QED) is 0.677. The molecule has 7 nitrogen and oxygen atoms in total. The molecule has 1 fully saturated rings. The molecule has 0 spiro atoms. The van der Waals surface area contributed by atoms with Crippen LogP contribution in [0.15, 0.2) is 0 Å². The number of alkyl carbamates (subject to hydrolysis) is 1. The van der Waals surface area contributed by atoms with Crippen LogP contribution < -0.4 is 10.6 Å². The molecule has 1 saturated heterocycles. The number of likely N-dealkylation sites (tertiary alicyclic amines) is 1. The average molecular weight is 409 g/mol. The van der Waals surface area contributed by atoms with Crippen molar-refractivity contribution >= 4 is 17.9 Å². The second-order valence-corrected chi connectivity index (χ2v) is 8.03. The third kappa shape index (κ3) is 6.87. The Labute approximate surface area is 163 Å². The van der Waals surface area contributed by atoms with Crippen LogP contribution in [0, 0.1) is 5.41 Å². The van der Waals surface area contributed by atoms with Crippen molar-refractivity contribution in [3.63, 3.8) is 0 Å². The summed E-state index contributed by atoms with van der Waals surface area (Å²) in [6, 6.07) is -0.992. The highest BCUT2D eigenvalue weighted by molar-refractivity contribution is 5.91. The zero-order valence-electron chi connectivity index (χ0n) is 17.0. The van der Waals surface area contributed by atoms with Crippen molar-refractivity contribution in [3.05, 3.63) is 0 Å². The van der Waals surface area contributed by atoms with E-state index in [0.29, 0.717) is 17.7 Å². The Morgan fingerprint density at radius 1 is 1.18 bits per heavy atom. The molecular weight excluding hydrogens is 379 g/mol. The number of hydrogen-bond acceptors (Lipinski definition) is 4. The van der Waals surface area contributed by atoms with E-state index in [-0.39, 0.29) is 19.5 Å². The molecule has 10 heteroatoms. The van der Waals surface area contributed by atoms with Gasteiger partial charge >= 0.3 is 12.3 Å². The zero-order valence-corrected chi connectivity index (χ0v) is 17.0. The van der Waals surface area contributed by atoms with Crippen molar-refractivity contribution in [1.82, 2.24) is 15.5 Å².